The fourth-order valence-corrected chi connectivity index (χ4v) is 2.48. The Hall–Kier alpha value is -4.20. The number of ether oxygens (including phenoxy) is 3. The number of nitrogens with one attached hydrogen (secondary N) is 1. The van der Waals surface area contributed by atoms with Crippen molar-refractivity contribution in [2.45, 2.75) is 0 Å². The van der Waals surface area contributed by atoms with Crippen LogP contribution in [0.2, 0.25) is 0 Å². The predicted molar refractivity (Wildman–Crippen MR) is 110 cm³/mol. The molecule has 0 atom stereocenters. The van der Waals surface area contributed by atoms with Crippen molar-refractivity contribution in [1.29, 1.82) is 0 Å². The van der Waals surface area contributed by atoms with Gasteiger partial charge in [0.2, 0.25) is 0 Å². The number of hydrogen-bond donors (Lipinski definition) is 1. The Morgan fingerprint density at radius 2 is 1.80 bits per heavy atom. The normalized spacial score (nSPS) is 10.5. The van der Waals surface area contributed by atoms with Crippen LogP contribution in [0, 0.1) is 0 Å². The zero-order chi connectivity index (χ0) is 21.3. The predicted octanol–water partition coefficient (Wildman–Crippen LogP) is 3.08. The number of rotatable bonds is 7. The van der Waals surface area contributed by atoms with Gasteiger partial charge in [0, 0.05) is 12.4 Å². The Morgan fingerprint density at radius 3 is 2.53 bits per heavy atom. The van der Waals surface area contributed by atoms with Gasteiger partial charge in [-0.05, 0) is 54.1 Å². The summed E-state index contributed by atoms with van der Waals surface area (Å²) >= 11 is 0. The van der Waals surface area contributed by atoms with Crippen LogP contribution in [0.4, 0.5) is 0 Å². The fraction of sp³-hybridized carbons (Fsp3) is 0.0909. The number of carbonyl (C=O) groups excluding carboxylic acids is 2. The quantitative estimate of drug-likeness (QED) is 0.281. The second-order valence-corrected chi connectivity index (χ2v) is 5.97. The second-order valence-electron chi connectivity index (χ2n) is 5.97. The molecule has 1 amide bonds. The SMILES string of the molecule is COc1cccc(C(=O)Oc2ccc(C=NNC(=O)c3cccnc3)cc2OC)c1. The molecule has 0 spiro atoms. The van der Waals surface area contributed by atoms with Crippen LogP contribution in [0.25, 0.3) is 0 Å². The number of pyridine rings is 1. The summed E-state index contributed by atoms with van der Waals surface area (Å²) in [4.78, 5) is 28.2. The standard InChI is InChI=1S/C22H19N3O5/c1-28-18-7-3-5-16(12-18)22(27)30-19-9-8-15(11-20(19)29-2)13-24-25-21(26)17-6-4-10-23-14-17/h3-14H,1-2H3,(H,25,26). The zero-order valence-electron chi connectivity index (χ0n) is 16.4. The molecule has 2 aromatic carbocycles. The van der Waals surface area contributed by atoms with Crippen molar-refractivity contribution in [2.75, 3.05) is 14.2 Å². The summed E-state index contributed by atoms with van der Waals surface area (Å²) in [6.45, 7) is 0. The van der Waals surface area contributed by atoms with Crippen LogP contribution < -0.4 is 19.6 Å². The topological polar surface area (TPSA) is 99.1 Å². The van der Waals surface area contributed by atoms with E-state index in [0.29, 0.717) is 28.2 Å². The number of amides is 1. The Bertz CT molecular complexity index is 1070. The monoisotopic (exact) mass is 405 g/mol. The van der Waals surface area contributed by atoms with Gasteiger partial charge >= 0.3 is 5.97 Å². The summed E-state index contributed by atoms with van der Waals surface area (Å²) in [6, 6.07) is 14.8. The van der Waals surface area contributed by atoms with Gasteiger partial charge in [0.1, 0.15) is 5.75 Å². The van der Waals surface area contributed by atoms with Gasteiger partial charge < -0.3 is 14.2 Å². The highest BCUT2D eigenvalue weighted by Crippen LogP contribution is 2.28. The highest BCUT2D eigenvalue weighted by Gasteiger charge is 2.13. The van der Waals surface area contributed by atoms with E-state index in [9.17, 15) is 9.59 Å². The van der Waals surface area contributed by atoms with Gasteiger partial charge in [-0.15, -0.1) is 0 Å². The lowest BCUT2D eigenvalue weighted by Crippen LogP contribution is -2.17. The lowest BCUT2D eigenvalue weighted by Gasteiger charge is -2.10. The number of methoxy groups -OCH3 is 2. The third-order valence-electron chi connectivity index (χ3n) is 4.00. The van der Waals surface area contributed by atoms with Gasteiger partial charge in [0.05, 0.1) is 31.6 Å². The largest absolute Gasteiger partial charge is 0.497 e. The number of benzene rings is 2. The molecule has 0 aliphatic carbocycles. The maximum absolute atomic E-state index is 12.4. The van der Waals surface area contributed by atoms with Gasteiger partial charge in [-0.2, -0.15) is 5.10 Å². The van der Waals surface area contributed by atoms with Crippen LogP contribution in [0.3, 0.4) is 0 Å². The molecule has 1 aromatic heterocycles. The average molecular weight is 405 g/mol. The number of nitrogens with zero attached hydrogens (tertiary/aromatic N) is 2. The molecule has 3 rings (SSSR count). The lowest BCUT2D eigenvalue weighted by atomic mass is 10.2. The van der Waals surface area contributed by atoms with E-state index in [1.54, 1.807) is 60.8 Å². The summed E-state index contributed by atoms with van der Waals surface area (Å²) in [7, 11) is 2.98. The van der Waals surface area contributed by atoms with E-state index in [2.05, 4.69) is 15.5 Å². The third-order valence-corrected chi connectivity index (χ3v) is 4.00. The van der Waals surface area contributed by atoms with E-state index in [1.807, 2.05) is 0 Å². The van der Waals surface area contributed by atoms with Crippen molar-refractivity contribution in [3.63, 3.8) is 0 Å². The molecule has 0 aliphatic rings. The van der Waals surface area contributed by atoms with Crippen LogP contribution in [0.15, 0.2) is 72.1 Å². The average Bonchev–Trinajstić information content (AvgIpc) is 2.80. The highest BCUT2D eigenvalue weighted by atomic mass is 16.6. The van der Waals surface area contributed by atoms with Crippen molar-refractivity contribution >= 4 is 18.1 Å². The molecule has 8 heteroatoms. The first-order valence-corrected chi connectivity index (χ1v) is 8.88. The molecule has 0 aliphatic heterocycles. The van der Waals surface area contributed by atoms with Crippen molar-refractivity contribution < 1.29 is 23.8 Å². The summed E-state index contributed by atoms with van der Waals surface area (Å²) in [6.07, 6.45) is 4.47. The molecule has 0 saturated carbocycles. The minimum Gasteiger partial charge on any atom is -0.497 e. The molecule has 1 N–H and O–H groups in total. The highest BCUT2D eigenvalue weighted by molar-refractivity contribution is 5.94. The first-order chi connectivity index (χ1) is 14.6. The molecule has 0 radical (unpaired) electrons. The minimum absolute atomic E-state index is 0.252. The number of carbonyl (C=O) groups is 2. The van der Waals surface area contributed by atoms with E-state index in [4.69, 9.17) is 14.2 Å². The molecule has 0 fully saturated rings. The van der Waals surface area contributed by atoms with Crippen LogP contribution in [-0.4, -0.2) is 37.3 Å². The molecular weight excluding hydrogens is 386 g/mol. The molecule has 30 heavy (non-hydrogen) atoms. The molecule has 8 nitrogen and oxygen atoms in total. The molecule has 152 valence electrons. The molecular formula is C22H19N3O5. The molecule has 0 saturated heterocycles. The van der Waals surface area contributed by atoms with Gasteiger partial charge in [0.15, 0.2) is 11.5 Å². The minimum atomic E-state index is -0.544. The summed E-state index contributed by atoms with van der Waals surface area (Å²) < 4.78 is 15.9. The van der Waals surface area contributed by atoms with Gasteiger partial charge in [-0.25, -0.2) is 10.2 Å². The summed E-state index contributed by atoms with van der Waals surface area (Å²) in [5.41, 5.74) is 3.80. The van der Waals surface area contributed by atoms with Crippen LogP contribution >= 0.6 is 0 Å². The first-order valence-electron chi connectivity index (χ1n) is 8.88. The summed E-state index contributed by atoms with van der Waals surface area (Å²) in [5, 5.41) is 3.92. The maximum Gasteiger partial charge on any atom is 0.343 e. The lowest BCUT2D eigenvalue weighted by molar-refractivity contribution is 0.0729. The fourth-order valence-electron chi connectivity index (χ4n) is 2.48. The molecule has 3 aromatic rings. The van der Waals surface area contributed by atoms with E-state index < -0.39 is 5.97 Å². The van der Waals surface area contributed by atoms with E-state index in [1.165, 1.54) is 26.6 Å². The van der Waals surface area contributed by atoms with Gasteiger partial charge in [-0.1, -0.05) is 6.07 Å². The Labute approximate surface area is 173 Å². The van der Waals surface area contributed by atoms with Crippen molar-refractivity contribution in [3.05, 3.63) is 83.7 Å². The van der Waals surface area contributed by atoms with E-state index >= 15 is 0 Å². The smallest absolute Gasteiger partial charge is 0.343 e. The van der Waals surface area contributed by atoms with Crippen molar-refractivity contribution in [1.82, 2.24) is 10.4 Å². The summed E-state index contributed by atoms with van der Waals surface area (Å²) in [5.74, 6) is 0.222. The van der Waals surface area contributed by atoms with Gasteiger partial charge in [0.25, 0.3) is 5.91 Å². The number of hydrazone groups is 1. The van der Waals surface area contributed by atoms with Gasteiger partial charge in [-0.3, -0.25) is 9.78 Å². The number of esters is 1. The molecule has 0 unspecified atom stereocenters. The van der Waals surface area contributed by atoms with E-state index in [-0.39, 0.29) is 11.7 Å². The Balaban J connectivity index is 1.68. The van der Waals surface area contributed by atoms with Crippen molar-refractivity contribution in [2.24, 2.45) is 5.10 Å². The number of hydrogen-bond acceptors (Lipinski definition) is 7. The third kappa shape index (κ3) is 5.20. The van der Waals surface area contributed by atoms with Crippen LogP contribution in [-0.2, 0) is 0 Å². The van der Waals surface area contributed by atoms with Crippen molar-refractivity contribution in [3.8, 4) is 17.2 Å². The Morgan fingerprint density at radius 1 is 0.967 bits per heavy atom. The van der Waals surface area contributed by atoms with E-state index in [0.717, 1.165) is 0 Å². The molecule has 1 heterocycles. The maximum atomic E-state index is 12.4. The first kappa shape index (κ1) is 20.5. The zero-order valence-corrected chi connectivity index (χ0v) is 16.4. The number of aromatic nitrogens is 1. The Kier molecular flexibility index (Phi) is 6.73. The van der Waals surface area contributed by atoms with Crippen LogP contribution in [0.5, 0.6) is 17.2 Å². The van der Waals surface area contributed by atoms with Crippen LogP contribution in [0.1, 0.15) is 26.3 Å². The second kappa shape index (κ2) is 9.83. The molecule has 0 bridgehead atoms.